The van der Waals surface area contributed by atoms with Crippen molar-refractivity contribution in [2.24, 2.45) is 0 Å². The van der Waals surface area contributed by atoms with Crippen LogP contribution in [-0.4, -0.2) is 37.0 Å². The Bertz CT molecular complexity index is 359. The number of aliphatic hydroxyl groups excluding tert-OH is 1. The molecule has 0 aromatic heterocycles. The molecule has 0 bridgehead atoms. The van der Waals surface area contributed by atoms with E-state index in [1.807, 2.05) is 0 Å². The minimum absolute atomic E-state index is 0.165. The van der Waals surface area contributed by atoms with Crippen molar-refractivity contribution in [3.05, 3.63) is 0 Å². The summed E-state index contributed by atoms with van der Waals surface area (Å²) in [5.41, 5.74) is 0. The van der Waals surface area contributed by atoms with E-state index in [-0.39, 0.29) is 12.6 Å². The van der Waals surface area contributed by atoms with E-state index in [9.17, 15) is 9.90 Å². The molecule has 0 aromatic rings. The molecule has 0 saturated heterocycles. The summed E-state index contributed by atoms with van der Waals surface area (Å²) < 4.78 is 11.0. The van der Waals surface area contributed by atoms with E-state index >= 15 is 0 Å². The minimum Gasteiger partial charge on any atom is -0.457 e. The van der Waals surface area contributed by atoms with Crippen molar-refractivity contribution >= 4 is 5.97 Å². The zero-order valence-corrected chi connectivity index (χ0v) is 21.0. The van der Waals surface area contributed by atoms with Gasteiger partial charge in [-0.15, -0.1) is 0 Å². The van der Waals surface area contributed by atoms with Crippen LogP contribution >= 0.6 is 0 Å². The van der Waals surface area contributed by atoms with E-state index < -0.39 is 6.10 Å². The number of aliphatic hydroxyl groups is 1. The quantitative estimate of drug-likeness (QED) is 0.116. The molecule has 4 heteroatoms. The van der Waals surface area contributed by atoms with Gasteiger partial charge in [0.15, 0.2) is 0 Å². The van der Waals surface area contributed by atoms with Crippen LogP contribution in [0.1, 0.15) is 142 Å². The van der Waals surface area contributed by atoms with Crippen LogP contribution in [0, 0.1) is 0 Å². The molecule has 4 nitrogen and oxygen atoms in total. The Morgan fingerprint density at radius 1 is 0.645 bits per heavy atom. The SMILES string of the molecule is CCCCCCCCCCCCCOCC(CO)OC(=O)CCCCCCCCCC. The Balaban J connectivity index is 3.43. The molecule has 0 rings (SSSR count). The van der Waals surface area contributed by atoms with Crippen LogP contribution in [0.5, 0.6) is 0 Å². The first kappa shape index (κ1) is 30.4. The standard InChI is InChI=1S/C27H54O4/c1-3-5-7-9-11-13-14-15-17-19-21-23-30-25-26(24-28)31-27(29)22-20-18-16-12-10-8-6-4-2/h26,28H,3-25H2,1-2H3. The molecular weight excluding hydrogens is 388 g/mol. The molecule has 0 heterocycles. The summed E-state index contributed by atoms with van der Waals surface area (Å²) in [5, 5.41) is 9.42. The number of unbranched alkanes of at least 4 members (excludes halogenated alkanes) is 17. The Morgan fingerprint density at radius 2 is 1.06 bits per heavy atom. The predicted molar refractivity (Wildman–Crippen MR) is 131 cm³/mol. The first-order valence-corrected chi connectivity index (χ1v) is 13.6. The number of esters is 1. The van der Waals surface area contributed by atoms with Crippen molar-refractivity contribution in [2.45, 2.75) is 148 Å². The van der Waals surface area contributed by atoms with E-state index in [1.165, 1.54) is 103 Å². The highest BCUT2D eigenvalue weighted by molar-refractivity contribution is 5.69. The van der Waals surface area contributed by atoms with E-state index in [1.54, 1.807) is 0 Å². The van der Waals surface area contributed by atoms with Crippen LogP contribution in [0.3, 0.4) is 0 Å². The molecule has 1 unspecified atom stereocenters. The Hall–Kier alpha value is -0.610. The first-order valence-electron chi connectivity index (χ1n) is 13.6. The fourth-order valence-corrected chi connectivity index (χ4v) is 3.86. The lowest BCUT2D eigenvalue weighted by atomic mass is 10.1. The molecule has 0 aliphatic heterocycles. The average molecular weight is 443 g/mol. The van der Waals surface area contributed by atoms with Crippen LogP contribution in [0.4, 0.5) is 0 Å². The van der Waals surface area contributed by atoms with Gasteiger partial charge in [0.25, 0.3) is 0 Å². The second-order valence-electron chi connectivity index (χ2n) is 9.13. The summed E-state index contributed by atoms with van der Waals surface area (Å²) in [4.78, 5) is 11.9. The van der Waals surface area contributed by atoms with Crippen LogP contribution in [0.15, 0.2) is 0 Å². The van der Waals surface area contributed by atoms with Gasteiger partial charge in [-0.3, -0.25) is 4.79 Å². The second-order valence-corrected chi connectivity index (χ2v) is 9.13. The fourth-order valence-electron chi connectivity index (χ4n) is 3.86. The van der Waals surface area contributed by atoms with Crippen molar-refractivity contribution in [1.29, 1.82) is 0 Å². The van der Waals surface area contributed by atoms with Crippen LogP contribution in [0.2, 0.25) is 0 Å². The fraction of sp³-hybridized carbons (Fsp3) is 0.963. The Morgan fingerprint density at radius 3 is 1.52 bits per heavy atom. The summed E-state index contributed by atoms with van der Waals surface area (Å²) in [5.74, 6) is -0.205. The second kappa shape index (κ2) is 25.6. The number of ether oxygens (including phenoxy) is 2. The number of hydrogen-bond acceptors (Lipinski definition) is 4. The summed E-state index contributed by atoms with van der Waals surface area (Å²) in [6.45, 7) is 5.32. The number of carbonyl (C=O) groups is 1. The van der Waals surface area contributed by atoms with E-state index in [4.69, 9.17) is 9.47 Å². The lowest BCUT2D eigenvalue weighted by molar-refractivity contribution is -0.154. The van der Waals surface area contributed by atoms with Crippen LogP contribution in [-0.2, 0) is 14.3 Å². The topological polar surface area (TPSA) is 55.8 Å². The van der Waals surface area contributed by atoms with Gasteiger partial charge in [-0.1, -0.05) is 123 Å². The summed E-state index contributed by atoms with van der Waals surface area (Å²) >= 11 is 0. The maximum absolute atomic E-state index is 11.9. The largest absolute Gasteiger partial charge is 0.457 e. The predicted octanol–water partition coefficient (Wildman–Crippen LogP) is 7.75. The molecule has 0 saturated carbocycles. The third-order valence-corrected chi connectivity index (χ3v) is 5.93. The monoisotopic (exact) mass is 442 g/mol. The van der Waals surface area contributed by atoms with Crippen molar-refractivity contribution in [1.82, 2.24) is 0 Å². The molecule has 186 valence electrons. The van der Waals surface area contributed by atoms with Gasteiger partial charge in [0.2, 0.25) is 0 Å². The smallest absolute Gasteiger partial charge is 0.306 e. The van der Waals surface area contributed by atoms with Crippen LogP contribution in [0.25, 0.3) is 0 Å². The van der Waals surface area contributed by atoms with Crippen molar-refractivity contribution in [3.8, 4) is 0 Å². The lowest BCUT2D eigenvalue weighted by Gasteiger charge is -2.16. The summed E-state index contributed by atoms with van der Waals surface area (Å²) in [6.07, 6.45) is 24.1. The van der Waals surface area contributed by atoms with Crippen molar-refractivity contribution in [2.75, 3.05) is 19.8 Å². The van der Waals surface area contributed by atoms with E-state index in [2.05, 4.69) is 13.8 Å². The normalized spacial score (nSPS) is 12.2. The molecule has 31 heavy (non-hydrogen) atoms. The molecule has 0 radical (unpaired) electrons. The molecule has 0 aromatic carbocycles. The molecular formula is C27H54O4. The molecule has 1 N–H and O–H groups in total. The van der Waals surface area contributed by atoms with Crippen molar-refractivity contribution < 1.29 is 19.4 Å². The van der Waals surface area contributed by atoms with Gasteiger partial charge in [-0.05, 0) is 12.8 Å². The van der Waals surface area contributed by atoms with E-state index in [0.29, 0.717) is 19.6 Å². The highest BCUT2D eigenvalue weighted by atomic mass is 16.6. The number of carbonyl (C=O) groups excluding carboxylic acids is 1. The van der Waals surface area contributed by atoms with Gasteiger partial charge in [0, 0.05) is 13.0 Å². The average Bonchev–Trinajstić information content (AvgIpc) is 2.77. The third kappa shape index (κ3) is 23.9. The maximum Gasteiger partial charge on any atom is 0.306 e. The highest BCUT2D eigenvalue weighted by Crippen LogP contribution is 2.12. The molecule has 0 aliphatic rings. The van der Waals surface area contributed by atoms with Gasteiger partial charge in [-0.2, -0.15) is 0 Å². The van der Waals surface area contributed by atoms with Gasteiger partial charge in [0.1, 0.15) is 6.10 Å². The number of rotatable bonds is 25. The van der Waals surface area contributed by atoms with Crippen molar-refractivity contribution in [3.63, 3.8) is 0 Å². The minimum atomic E-state index is -0.519. The van der Waals surface area contributed by atoms with Gasteiger partial charge in [-0.25, -0.2) is 0 Å². The van der Waals surface area contributed by atoms with Gasteiger partial charge < -0.3 is 14.6 Å². The molecule has 0 aliphatic carbocycles. The van der Waals surface area contributed by atoms with Gasteiger partial charge in [0.05, 0.1) is 13.2 Å². The zero-order valence-electron chi connectivity index (χ0n) is 21.0. The summed E-state index contributed by atoms with van der Waals surface area (Å²) in [7, 11) is 0. The lowest BCUT2D eigenvalue weighted by Crippen LogP contribution is -2.27. The molecule has 0 fully saturated rings. The zero-order chi connectivity index (χ0) is 22.8. The summed E-state index contributed by atoms with van der Waals surface area (Å²) in [6, 6.07) is 0. The van der Waals surface area contributed by atoms with E-state index in [0.717, 1.165) is 19.3 Å². The van der Waals surface area contributed by atoms with Gasteiger partial charge >= 0.3 is 5.97 Å². The first-order chi connectivity index (χ1) is 15.2. The molecule has 0 amide bonds. The number of hydrogen-bond donors (Lipinski definition) is 1. The third-order valence-electron chi connectivity index (χ3n) is 5.93. The van der Waals surface area contributed by atoms with Crippen LogP contribution < -0.4 is 0 Å². The Labute approximate surface area is 193 Å². The maximum atomic E-state index is 11.9. The molecule has 1 atom stereocenters. The molecule has 0 spiro atoms. The highest BCUT2D eigenvalue weighted by Gasteiger charge is 2.13. The Kier molecular flexibility index (Phi) is 25.1.